The van der Waals surface area contributed by atoms with E-state index in [9.17, 15) is 21.2 Å². The zero-order valence-corrected chi connectivity index (χ0v) is 15.6. The lowest BCUT2D eigenvalue weighted by atomic mass is 10.4. The van der Waals surface area contributed by atoms with Crippen LogP contribution in [-0.2, 0) is 24.8 Å². The van der Waals surface area contributed by atoms with Crippen LogP contribution in [0.1, 0.15) is 0 Å². The number of nitrogens with one attached hydrogen (secondary N) is 2. The number of halogens is 1. The van der Waals surface area contributed by atoms with E-state index in [2.05, 4.69) is 15.2 Å². The van der Waals surface area contributed by atoms with Gasteiger partial charge in [-0.15, -0.1) is 4.83 Å². The first-order valence-electron chi connectivity index (χ1n) is 7.86. The highest BCUT2D eigenvalue weighted by atomic mass is 32.2. The maximum absolute atomic E-state index is 13.2. The maximum atomic E-state index is 13.2. The van der Waals surface area contributed by atoms with Crippen molar-refractivity contribution in [3.8, 4) is 0 Å². The van der Waals surface area contributed by atoms with E-state index < -0.39 is 25.9 Å². The number of aromatic nitrogens is 1. The van der Waals surface area contributed by atoms with Crippen molar-refractivity contribution in [2.75, 3.05) is 31.7 Å². The van der Waals surface area contributed by atoms with Gasteiger partial charge in [-0.2, -0.15) is 4.31 Å². The second kappa shape index (κ2) is 7.86. The summed E-state index contributed by atoms with van der Waals surface area (Å²) < 4.78 is 68.8. The average molecular weight is 416 g/mol. The Hall–Kier alpha value is -2.12. The van der Waals surface area contributed by atoms with Crippen LogP contribution in [0.15, 0.2) is 52.4 Å². The van der Waals surface area contributed by atoms with Crippen molar-refractivity contribution in [1.29, 1.82) is 0 Å². The van der Waals surface area contributed by atoms with E-state index >= 15 is 0 Å². The van der Waals surface area contributed by atoms with Gasteiger partial charge in [0.15, 0.2) is 0 Å². The molecule has 0 radical (unpaired) electrons. The molecule has 2 heterocycles. The number of pyridine rings is 1. The van der Waals surface area contributed by atoms with Crippen LogP contribution in [0.25, 0.3) is 0 Å². The molecule has 1 aliphatic heterocycles. The molecule has 146 valence electrons. The van der Waals surface area contributed by atoms with Gasteiger partial charge in [-0.25, -0.2) is 26.2 Å². The largest absolute Gasteiger partial charge is 0.379 e. The van der Waals surface area contributed by atoms with Crippen molar-refractivity contribution >= 4 is 25.9 Å². The molecule has 1 saturated heterocycles. The zero-order chi connectivity index (χ0) is 19.5. The van der Waals surface area contributed by atoms with Gasteiger partial charge in [0.2, 0.25) is 10.0 Å². The highest BCUT2D eigenvalue weighted by Gasteiger charge is 2.26. The molecular formula is C15H17FN4O5S2. The minimum atomic E-state index is -4.02. The molecule has 0 unspecified atom stereocenters. The first-order chi connectivity index (χ1) is 12.8. The molecule has 1 aliphatic rings. The molecule has 0 bridgehead atoms. The van der Waals surface area contributed by atoms with E-state index in [0.29, 0.717) is 13.2 Å². The lowest BCUT2D eigenvalue weighted by Crippen LogP contribution is -2.40. The fourth-order valence-electron chi connectivity index (χ4n) is 2.36. The third-order valence-corrected chi connectivity index (χ3v) is 6.89. The molecule has 9 nitrogen and oxygen atoms in total. The van der Waals surface area contributed by atoms with Crippen LogP contribution in [0, 0.1) is 5.82 Å². The summed E-state index contributed by atoms with van der Waals surface area (Å²) in [4.78, 5) is 5.69. The van der Waals surface area contributed by atoms with Gasteiger partial charge < -0.3 is 4.74 Å². The van der Waals surface area contributed by atoms with Crippen molar-refractivity contribution < 1.29 is 26.0 Å². The Kier molecular flexibility index (Phi) is 5.72. The molecule has 0 aliphatic carbocycles. The summed E-state index contributed by atoms with van der Waals surface area (Å²) in [5, 5.41) is 0. The molecule has 2 aromatic rings. The molecule has 12 heteroatoms. The number of nitrogens with zero attached hydrogens (tertiary/aromatic N) is 2. The van der Waals surface area contributed by atoms with Crippen LogP contribution in [0.5, 0.6) is 0 Å². The summed E-state index contributed by atoms with van der Waals surface area (Å²) in [7, 11) is -7.71. The van der Waals surface area contributed by atoms with E-state index in [1.54, 1.807) is 0 Å². The van der Waals surface area contributed by atoms with Crippen molar-refractivity contribution in [2.24, 2.45) is 0 Å². The molecule has 0 saturated carbocycles. The maximum Gasteiger partial charge on any atom is 0.257 e. The molecule has 3 rings (SSSR count). The SMILES string of the molecule is O=S(=O)(NNc1ccc(S(=O)(=O)N2CCOCC2)cn1)c1cccc(F)c1. The number of benzene rings is 1. The quantitative estimate of drug-likeness (QED) is 0.660. The van der Waals surface area contributed by atoms with Gasteiger partial charge in [-0.3, -0.25) is 5.43 Å². The van der Waals surface area contributed by atoms with Gasteiger partial charge in [0.25, 0.3) is 10.0 Å². The van der Waals surface area contributed by atoms with E-state index in [0.717, 1.165) is 18.3 Å². The normalized spacial score (nSPS) is 16.2. The Bertz CT molecular complexity index is 1010. The zero-order valence-electron chi connectivity index (χ0n) is 14.0. The summed E-state index contributed by atoms with van der Waals surface area (Å²) in [6, 6.07) is 7.14. The second-order valence-corrected chi connectivity index (χ2v) is 9.20. The molecule has 2 N–H and O–H groups in total. The van der Waals surface area contributed by atoms with Gasteiger partial charge in [0, 0.05) is 19.3 Å². The molecule has 27 heavy (non-hydrogen) atoms. The molecule has 1 aromatic carbocycles. The molecule has 1 fully saturated rings. The molecule has 0 amide bonds. The highest BCUT2D eigenvalue weighted by Crippen LogP contribution is 2.17. The lowest BCUT2D eigenvalue weighted by Gasteiger charge is -2.25. The monoisotopic (exact) mass is 416 g/mol. The number of hydrogen-bond acceptors (Lipinski definition) is 7. The number of ether oxygens (including phenoxy) is 1. The van der Waals surface area contributed by atoms with E-state index in [1.807, 2.05) is 0 Å². The predicted octanol–water partition coefficient (Wildman–Crippen LogP) is 0.547. The Labute approximate surface area is 156 Å². The summed E-state index contributed by atoms with van der Waals surface area (Å²) in [6.07, 6.45) is 1.13. The number of anilines is 1. The van der Waals surface area contributed by atoms with Crippen LogP contribution >= 0.6 is 0 Å². The number of morpholine rings is 1. The van der Waals surface area contributed by atoms with Crippen molar-refractivity contribution in [3.05, 3.63) is 48.4 Å². The predicted molar refractivity (Wildman–Crippen MR) is 94.2 cm³/mol. The van der Waals surface area contributed by atoms with Gasteiger partial charge in [-0.1, -0.05) is 6.07 Å². The highest BCUT2D eigenvalue weighted by molar-refractivity contribution is 7.89. The van der Waals surface area contributed by atoms with Crippen LogP contribution in [0.2, 0.25) is 0 Å². The molecule has 1 aromatic heterocycles. The standard InChI is InChI=1S/C15H17FN4O5S2/c16-12-2-1-3-13(10-12)26(21,22)19-18-15-5-4-14(11-17-15)27(23,24)20-6-8-25-9-7-20/h1-5,10-11,19H,6-9H2,(H,17,18). The number of sulfonamides is 2. The van der Waals surface area contributed by atoms with Gasteiger partial charge in [0.05, 0.1) is 18.1 Å². The van der Waals surface area contributed by atoms with E-state index in [-0.39, 0.29) is 28.7 Å². The van der Waals surface area contributed by atoms with Crippen molar-refractivity contribution in [2.45, 2.75) is 9.79 Å². The summed E-state index contributed by atoms with van der Waals surface area (Å²) >= 11 is 0. The number of hydrogen-bond donors (Lipinski definition) is 2. The fourth-order valence-corrected chi connectivity index (χ4v) is 4.59. The first-order valence-corrected chi connectivity index (χ1v) is 10.8. The second-order valence-electron chi connectivity index (χ2n) is 5.58. The first kappa shape index (κ1) is 19.6. The summed E-state index contributed by atoms with van der Waals surface area (Å²) in [5.74, 6) is -0.607. The Morgan fingerprint density at radius 2 is 1.78 bits per heavy atom. The lowest BCUT2D eigenvalue weighted by molar-refractivity contribution is 0.0730. The Morgan fingerprint density at radius 1 is 1.04 bits per heavy atom. The topological polar surface area (TPSA) is 118 Å². The van der Waals surface area contributed by atoms with Crippen LogP contribution in [0.4, 0.5) is 10.2 Å². The van der Waals surface area contributed by atoms with Gasteiger partial charge in [-0.05, 0) is 30.3 Å². The third-order valence-electron chi connectivity index (χ3n) is 3.76. The fraction of sp³-hybridized carbons (Fsp3) is 0.267. The number of hydrazine groups is 1. The van der Waals surface area contributed by atoms with Crippen LogP contribution in [0.3, 0.4) is 0 Å². The van der Waals surface area contributed by atoms with Crippen molar-refractivity contribution in [3.63, 3.8) is 0 Å². The van der Waals surface area contributed by atoms with Crippen LogP contribution in [-0.4, -0.2) is 52.4 Å². The molecular weight excluding hydrogens is 399 g/mol. The van der Waals surface area contributed by atoms with Gasteiger partial charge in [0.1, 0.15) is 16.5 Å². The summed E-state index contributed by atoms with van der Waals surface area (Å²) in [5.41, 5.74) is 2.36. The molecule has 0 spiro atoms. The molecule has 0 atom stereocenters. The Balaban J connectivity index is 1.69. The van der Waals surface area contributed by atoms with Gasteiger partial charge >= 0.3 is 0 Å². The third kappa shape index (κ3) is 4.59. The average Bonchev–Trinajstić information content (AvgIpc) is 2.67. The Morgan fingerprint density at radius 3 is 2.41 bits per heavy atom. The van der Waals surface area contributed by atoms with Crippen LogP contribution < -0.4 is 10.3 Å². The minimum absolute atomic E-state index is 0.0112. The van der Waals surface area contributed by atoms with E-state index in [4.69, 9.17) is 4.74 Å². The van der Waals surface area contributed by atoms with E-state index in [1.165, 1.54) is 28.6 Å². The minimum Gasteiger partial charge on any atom is -0.379 e. The summed E-state index contributed by atoms with van der Waals surface area (Å²) in [6.45, 7) is 1.17. The number of rotatable bonds is 6. The smallest absolute Gasteiger partial charge is 0.257 e. The van der Waals surface area contributed by atoms with Crippen molar-refractivity contribution in [1.82, 2.24) is 14.1 Å².